The predicted octanol–water partition coefficient (Wildman–Crippen LogP) is 0.423. The van der Waals surface area contributed by atoms with Gasteiger partial charge in [-0.15, -0.1) is 5.10 Å². The molecule has 1 aliphatic carbocycles. The molecular weight excluding hydrogens is 314 g/mol. The van der Waals surface area contributed by atoms with Crippen LogP contribution >= 0.6 is 23.5 Å². The van der Waals surface area contributed by atoms with Crippen LogP contribution in [0.25, 0.3) is 0 Å². The first-order valence-electron chi connectivity index (χ1n) is 6.53. The summed E-state index contributed by atoms with van der Waals surface area (Å²) in [4.78, 5) is 22.9. The third-order valence-corrected chi connectivity index (χ3v) is 4.51. The zero-order chi connectivity index (χ0) is 15.2. The van der Waals surface area contributed by atoms with Gasteiger partial charge in [0.05, 0.1) is 11.8 Å². The second-order valence-corrected chi connectivity index (χ2v) is 6.59. The highest BCUT2D eigenvalue weighted by Gasteiger charge is 2.28. The number of hydrogen-bond donors (Lipinski definition) is 2. The van der Waals surface area contributed by atoms with Crippen LogP contribution in [0.15, 0.2) is 5.16 Å². The molecule has 2 N–H and O–H groups in total. The molecule has 1 heterocycles. The van der Waals surface area contributed by atoms with Gasteiger partial charge in [0.1, 0.15) is 6.04 Å². The van der Waals surface area contributed by atoms with Crippen LogP contribution in [-0.2, 0) is 9.59 Å². The molecule has 1 saturated carbocycles. The van der Waals surface area contributed by atoms with E-state index in [4.69, 9.17) is 5.11 Å². The van der Waals surface area contributed by atoms with Crippen molar-refractivity contribution in [2.24, 2.45) is 0 Å². The van der Waals surface area contributed by atoms with E-state index in [9.17, 15) is 9.59 Å². The molecule has 0 radical (unpaired) electrons. The van der Waals surface area contributed by atoms with Gasteiger partial charge in [0.15, 0.2) is 0 Å². The van der Waals surface area contributed by atoms with Gasteiger partial charge in [0.25, 0.3) is 0 Å². The maximum absolute atomic E-state index is 11.8. The second-order valence-electron chi connectivity index (χ2n) is 4.67. The average Bonchev–Trinajstić information content (AvgIpc) is 3.19. The van der Waals surface area contributed by atoms with E-state index < -0.39 is 12.0 Å². The molecule has 0 aromatic carbocycles. The lowest BCUT2D eigenvalue weighted by molar-refractivity contribution is -0.141. The van der Waals surface area contributed by atoms with Crippen LogP contribution in [-0.4, -0.2) is 61.0 Å². The van der Waals surface area contributed by atoms with E-state index in [2.05, 4.69) is 20.8 Å². The van der Waals surface area contributed by atoms with E-state index in [0.717, 1.165) is 12.8 Å². The number of aliphatic carboxylic acids is 1. The van der Waals surface area contributed by atoms with E-state index in [0.29, 0.717) is 23.4 Å². The molecule has 21 heavy (non-hydrogen) atoms. The predicted molar refractivity (Wildman–Crippen MR) is 79.4 cm³/mol. The van der Waals surface area contributed by atoms with Gasteiger partial charge in [-0.3, -0.25) is 4.79 Å². The lowest BCUT2D eigenvalue weighted by Gasteiger charge is -2.13. The lowest BCUT2D eigenvalue weighted by atomic mass is 10.2. The highest BCUT2D eigenvalue weighted by Crippen LogP contribution is 2.36. The minimum absolute atomic E-state index is 0.107. The molecule has 0 spiro atoms. The fourth-order valence-corrected chi connectivity index (χ4v) is 2.91. The van der Waals surface area contributed by atoms with Crippen LogP contribution in [0.1, 0.15) is 25.3 Å². The van der Waals surface area contributed by atoms with Crippen LogP contribution in [0.5, 0.6) is 0 Å². The quantitative estimate of drug-likeness (QED) is 0.627. The van der Waals surface area contributed by atoms with Gasteiger partial charge in [0, 0.05) is 0 Å². The summed E-state index contributed by atoms with van der Waals surface area (Å²) in [6, 6.07) is -0.496. The Hall–Kier alpha value is -1.29. The van der Waals surface area contributed by atoms with Crippen molar-refractivity contribution in [1.82, 2.24) is 25.5 Å². The molecule has 8 nitrogen and oxygen atoms in total. The van der Waals surface area contributed by atoms with Crippen molar-refractivity contribution in [1.29, 1.82) is 0 Å². The molecular formula is C11H17N5O3S2. The SMILES string of the molecule is CSCCC(NC(=O)CSc1nnnn1C1CC1)C(=O)O. The third-order valence-electron chi connectivity index (χ3n) is 2.93. The van der Waals surface area contributed by atoms with Crippen molar-refractivity contribution in [2.75, 3.05) is 17.8 Å². The van der Waals surface area contributed by atoms with Crippen molar-refractivity contribution in [2.45, 2.75) is 36.5 Å². The summed E-state index contributed by atoms with van der Waals surface area (Å²) >= 11 is 2.77. The molecule has 116 valence electrons. The monoisotopic (exact) mass is 331 g/mol. The number of hydrogen-bond acceptors (Lipinski definition) is 7. The Labute approximate surface area is 130 Å². The van der Waals surface area contributed by atoms with Gasteiger partial charge in [-0.25, -0.2) is 9.48 Å². The summed E-state index contributed by atoms with van der Waals surface area (Å²) < 4.78 is 1.72. The number of nitrogens with zero attached hydrogens (tertiary/aromatic N) is 4. The van der Waals surface area contributed by atoms with Crippen LogP contribution in [0, 0.1) is 0 Å². The lowest BCUT2D eigenvalue weighted by Crippen LogP contribution is -2.42. The van der Waals surface area contributed by atoms with Crippen molar-refractivity contribution in [3.05, 3.63) is 0 Å². The summed E-state index contributed by atoms with van der Waals surface area (Å²) in [7, 11) is 0. The number of carbonyl (C=O) groups is 2. The van der Waals surface area contributed by atoms with E-state index in [1.54, 1.807) is 16.4 Å². The normalized spacial score (nSPS) is 15.7. The van der Waals surface area contributed by atoms with Crippen LogP contribution in [0.4, 0.5) is 0 Å². The number of aromatic nitrogens is 4. The van der Waals surface area contributed by atoms with Gasteiger partial charge in [0.2, 0.25) is 11.1 Å². The van der Waals surface area contributed by atoms with E-state index in [1.165, 1.54) is 11.8 Å². The molecule has 1 amide bonds. The van der Waals surface area contributed by atoms with E-state index >= 15 is 0 Å². The molecule has 0 aliphatic heterocycles. The first kappa shape index (κ1) is 16.1. The average molecular weight is 331 g/mol. The smallest absolute Gasteiger partial charge is 0.326 e. The van der Waals surface area contributed by atoms with Gasteiger partial charge in [-0.2, -0.15) is 11.8 Å². The summed E-state index contributed by atoms with van der Waals surface area (Å²) in [5, 5.41) is 23.6. The van der Waals surface area contributed by atoms with E-state index in [-0.39, 0.29) is 11.7 Å². The Bertz CT molecular complexity index is 506. The van der Waals surface area contributed by atoms with Crippen LogP contribution in [0.3, 0.4) is 0 Å². The maximum atomic E-state index is 11.8. The largest absolute Gasteiger partial charge is 0.480 e. The zero-order valence-electron chi connectivity index (χ0n) is 11.6. The van der Waals surface area contributed by atoms with Crippen molar-refractivity contribution in [3.8, 4) is 0 Å². The Morgan fingerprint density at radius 3 is 2.90 bits per heavy atom. The zero-order valence-corrected chi connectivity index (χ0v) is 13.2. The molecule has 1 aromatic rings. The molecule has 1 fully saturated rings. The number of carbonyl (C=O) groups excluding carboxylic acids is 1. The number of nitrogens with one attached hydrogen (secondary N) is 1. The Kier molecular flexibility index (Phi) is 5.85. The fourth-order valence-electron chi connectivity index (χ4n) is 1.69. The molecule has 10 heteroatoms. The number of carboxylic acid groups (broad SMARTS) is 1. The van der Waals surface area contributed by atoms with Crippen molar-refractivity contribution < 1.29 is 14.7 Å². The van der Waals surface area contributed by atoms with Gasteiger partial charge >= 0.3 is 5.97 Å². The van der Waals surface area contributed by atoms with Gasteiger partial charge in [-0.1, -0.05) is 11.8 Å². The van der Waals surface area contributed by atoms with Gasteiger partial charge < -0.3 is 10.4 Å². The molecule has 2 rings (SSSR count). The summed E-state index contributed by atoms with van der Waals surface area (Å²) in [6.45, 7) is 0. The number of thioether (sulfide) groups is 2. The minimum atomic E-state index is -1.01. The Morgan fingerprint density at radius 1 is 1.52 bits per heavy atom. The molecule has 1 unspecified atom stereocenters. The highest BCUT2D eigenvalue weighted by atomic mass is 32.2. The molecule has 0 bridgehead atoms. The molecule has 1 aliphatic rings. The number of carboxylic acids is 1. The molecule has 1 atom stereocenters. The maximum Gasteiger partial charge on any atom is 0.326 e. The number of amides is 1. The van der Waals surface area contributed by atoms with Crippen LogP contribution in [0.2, 0.25) is 0 Å². The van der Waals surface area contributed by atoms with Crippen LogP contribution < -0.4 is 5.32 Å². The number of rotatable bonds is 9. The summed E-state index contributed by atoms with van der Waals surface area (Å²) in [5.74, 6) is -0.537. The standard InChI is InChI=1S/C11H17N5O3S2/c1-20-5-4-8(10(18)19)12-9(17)6-21-11-13-14-15-16(11)7-2-3-7/h7-8H,2-6H2,1H3,(H,12,17)(H,18,19). The Balaban J connectivity index is 1.80. The third kappa shape index (κ3) is 4.88. The number of tetrazole rings is 1. The van der Waals surface area contributed by atoms with Crippen molar-refractivity contribution in [3.63, 3.8) is 0 Å². The first-order valence-corrected chi connectivity index (χ1v) is 8.91. The van der Waals surface area contributed by atoms with E-state index in [1.807, 2.05) is 6.26 Å². The highest BCUT2D eigenvalue weighted by molar-refractivity contribution is 7.99. The molecule has 0 saturated heterocycles. The Morgan fingerprint density at radius 2 is 2.29 bits per heavy atom. The first-order chi connectivity index (χ1) is 10.1. The minimum Gasteiger partial charge on any atom is -0.480 e. The summed E-state index contributed by atoms with van der Waals surface area (Å²) in [5.41, 5.74) is 0. The van der Waals surface area contributed by atoms with Crippen molar-refractivity contribution >= 4 is 35.4 Å². The fraction of sp³-hybridized carbons (Fsp3) is 0.727. The second kappa shape index (κ2) is 7.64. The van der Waals surface area contributed by atoms with Gasteiger partial charge in [-0.05, 0) is 41.7 Å². The summed E-state index contributed by atoms with van der Waals surface area (Å²) in [6.07, 6.45) is 4.42. The molecule has 1 aromatic heterocycles. The topological polar surface area (TPSA) is 110 Å².